The summed E-state index contributed by atoms with van der Waals surface area (Å²) in [5.74, 6) is 2.99. The number of benzene rings is 1. The second-order valence-corrected chi connectivity index (χ2v) is 7.31. The van der Waals surface area contributed by atoms with Gasteiger partial charge in [-0.1, -0.05) is 29.8 Å². The van der Waals surface area contributed by atoms with Crippen LogP contribution in [0.1, 0.15) is 45.1 Å². The van der Waals surface area contributed by atoms with E-state index in [0.29, 0.717) is 12.2 Å². The number of rotatable bonds is 5. The van der Waals surface area contributed by atoms with Gasteiger partial charge in [-0.2, -0.15) is 0 Å². The largest absolute Gasteiger partial charge is 0.497 e. The molecule has 1 saturated carbocycles. The van der Waals surface area contributed by atoms with Gasteiger partial charge in [-0.3, -0.25) is 4.79 Å². The Morgan fingerprint density at radius 1 is 1.29 bits per heavy atom. The topological polar surface area (TPSA) is 26.3 Å². The van der Waals surface area contributed by atoms with Crippen molar-refractivity contribution >= 4 is 21.7 Å². The second-order valence-electron chi connectivity index (χ2n) is 6.46. The van der Waals surface area contributed by atoms with Gasteiger partial charge < -0.3 is 4.74 Å². The molecular formula is C18H25BrO2. The predicted molar refractivity (Wildman–Crippen MR) is 89.7 cm³/mol. The van der Waals surface area contributed by atoms with Gasteiger partial charge in [0.05, 0.1) is 7.11 Å². The third kappa shape index (κ3) is 4.32. The average molecular weight is 353 g/mol. The van der Waals surface area contributed by atoms with Crippen molar-refractivity contribution in [3.8, 4) is 5.75 Å². The molecule has 0 aromatic heterocycles. The summed E-state index contributed by atoms with van der Waals surface area (Å²) in [6, 6.07) is 5.82. The van der Waals surface area contributed by atoms with Gasteiger partial charge in [-0.05, 0) is 61.3 Å². The quantitative estimate of drug-likeness (QED) is 0.742. The molecule has 0 bridgehead atoms. The van der Waals surface area contributed by atoms with Crippen LogP contribution in [-0.4, -0.2) is 12.9 Å². The lowest BCUT2D eigenvalue weighted by molar-refractivity contribution is -0.123. The minimum Gasteiger partial charge on any atom is -0.497 e. The SMILES string of the molecule is COc1ccc(Br)c(CC(=O)C2CCC(C(C)C)CC2)c1. The predicted octanol–water partition coefficient (Wildman–Crippen LogP) is 5.03. The summed E-state index contributed by atoms with van der Waals surface area (Å²) in [6.45, 7) is 4.58. The highest BCUT2D eigenvalue weighted by atomic mass is 79.9. The van der Waals surface area contributed by atoms with Crippen LogP contribution in [0.15, 0.2) is 22.7 Å². The highest BCUT2D eigenvalue weighted by Gasteiger charge is 2.27. The molecule has 2 rings (SSSR count). The number of hydrogen-bond acceptors (Lipinski definition) is 2. The van der Waals surface area contributed by atoms with Crippen LogP contribution in [0, 0.1) is 17.8 Å². The number of ketones is 1. The van der Waals surface area contributed by atoms with Gasteiger partial charge >= 0.3 is 0 Å². The van der Waals surface area contributed by atoms with E-state index in [1.165, 1.54) is 12.8 Å². The van der Waals surface area contributed by atoms with Crippen LogP contribution in [0.5, 0.6) is 5.75 Å². The molecule has 0 heterocycles. The molecule has 1 fully saturated rings. The third-order valence-corrected chi connectivity index (χ3v) is 5.56. The van der Waals surface area contributed by atoms with E-state index in [4.69, 9.17) is 4.74 Å². The maximum absolute atomic E-state index is 12.5. The zero-order valence-corrected chi connectivity index (χ0v) is 14.8. The molecule has 0 amide bonds. The molecule has 21 heavy (non-hydrogen) atoms. The molecule has 2 nitrogen and oxygen atoms in total. The maximum atomic E-state index is 12.5. The Labute approximate surface area is 136 Å². The Bertz CT molecular complexity index is 488. The van der Waals surface area contributed by atoms with Crippen LogP contribution >= 0.6 is 15.9 Å². The molecule has 0 spiro atoms. The standard InChI is InChI=1S/C18H25BrO2/c1-12(2)13-4-6-14(7-5-13)18(20)11-15-10-16(21-3)8-9-17(15)19/h8-10,12-14H,4-7,11H2,1-3H3. The Balaban J connectivity index is 1.96. The molecule has 0 aliphatic heterocycles. The van der Waals surface area contributed by atoms with Crippen molar-refractivity contribution in [2.75, 3.05) is 7.11 Å². The molecule has 0 radical (unpaired) electrons. The van der Waals surface area contributed by atoms with E-state index >= 15 is 0 Å². The van der Waals surface area contributed by atoms with Crippen molar-refractivity contribution in [2.24, 2.45) is 17.8 Å². The zero-order chi connectivity index (χ0) is 15.4. The normalized spacial score (nSPS) is 22.3. The van der Waals surface area contributed by atoms with Crippen molar-refractivity contribution in [1.82, 2.24) is 0 Å². The number of halogens is 1. The monoisotopic (exact) mass is 352 g/mol. The van der Waals surface area contributed by atoms with Crippen molar-refractivity contribution < 1.29 is 9.53 Å². The first kappa shape index (κ1) is 16.5. The summed E-state index contributed by atoms with van der Waals surface area (Å²) < 4.78 is 6.24. The molecule has 0 N–H and O–H groups in total. The highest BCUT2D eigenvalue weighted by molar-refractivity contribution is 9.10. The first-order chi connectivity index (χ1) is 10.0. The fourth-order valence-electron chi connectivity index (χ4n) is 3.25. The lowest BCUT2D eigenvalue weighted by Gasteiger charge is -2.30. The molecule has 1 aliphatic carbocycles. The van der Waals surface area contributed by atoms with E-state index in [1.807, 2.05) is 18.2 Å². The molecule has 0 saturated heterocycles. The first-order valence-electron chi connectivity index (χ1n) is 7.86. The summed E-state index contributed by atoms with van der Waals surface area (Å²) in [7, 11) is 1.65. The van der Waals surface area contributed by atoms with Crippen molar-refractivity contribution in [2.45, 2.75) is 46.0 Å². The molecule has 1 aromatic carbocycles. The lowest BCUT2D eigenvalue weighted by atomic mass is 9.75. The van der Waals surface area contributed by atoms with E-state index < -0.39 is 0 Å². The summed E-state index contributed by atoms with van der Waals surface area (Å²) >= 11 is 3.53. The number of carbonyl (C=O) groups excluding carboxylic acids is 1. The van der Waals surface area contributed by atoms with Crippen LogP contribution in [-0.2, 0) is 11.2 Å². The minimum absolute atomic E-state index is 0.248. The van der Waals surface area contributed by atoms with Crippen LogP contribution in [0.4, 0.5) is 0 Å². The molecule has 1 aliphatic rings. The third-order valence-electron chi connectivity index (χ3n) is 4.79. The zero-order valence-electron chi connectivity index (χ0n) is 13.2. The summed E-state index contributed by atoms with van der Waals surface area (Å²) in [5, 5.41) is 0. The smallest absolute Gasteiger partial charge is 0.140 e. The first-order valence-corrected chi connectivity index (χ1v) is 8.65. The number of carbonyl (C=O) groups is 1. The summed E-state index contributed by atoms with van der Waals surface area (Å²) in [6.07, 6.45) is 5.03. The Morgan fingerprint density at radius 2 is 1.95 bits per heavy atom. The number of ether oxygens (including phenoxy) is 1. The van der Waals surface area contributed by atoms with E-state index in [2.05, 4.69) is 29.8 Å². The minimum atomic E-state index is 0.248. The fraction of sp³-hybridized carbons (Fsp3) is 0.611. The van der Waals surface area contributed by atoms with Crippen LogP contribution < -0.4 is 4.74 Å². The number of methoxy groups -OCH3 is 1. The van der Waals surface area contributed by atoms with Gasteiger partial charge in [0.1, 0.15) is 11.5 Å². The van der Waals surface area contributed by atoms with Gasteiger partial charge in [0.15, 0.2) is 0 Å². The molecule has 3 heteroatoms. The Kier molecular flexibility index (Phi) is 5.86. The molecular weight excluding hydrogens is 328 g/mol. The number of hydrogen-bond donors (Lipinski definition) is 0. The fourth-order valence-corrected chi connectivity index (χ4v) is 3.64. The summed E-state index contributed by atoms with van der Waals surface area (Å²) in [5.41, 5.74) is 1.03. The van der Waals surface area contributed by atoms with Gasteiger partial charge in [-0.15, -0.1) is 0 Å². The van der Waals surface area contributed by atoms with E-state index in [0.717, 1.165) is 40.5 Å². The lowest BCUT2D eigenvalue weighted by Crippen LogP contribution is -2.25. The molecule has 0 unspecified atom stereocenters. The van der Waals surface area contributed by atoms with Crippen molar-refractivity contribution in [3.05, 3.63) is 28.2 Å². The van der Waals surface area contributed by atoms with E-state index in [9.17, 15) is 4.79 Å². The van der Waals surface area contributed by atoms with Crippen molar-refractivity contribution in [1.29, 1.82) is 0 Å². The van der Waals surface area contributed by atoms with Gasteiger partial charge in [0.25, 0.3) is 0 Å². The molecule has 0 atom stereocenters. The number of Topliss-reactive ketones (excluding diaryl/α,β-unsaturated/α-hetero) is 1. The maximum Gasteiger partial charge on any atom is 0.140 e. The average Bonchev–Trinajstić information content (AvgIpc) is 2.49. The highest BCUT2D eigenvalue weighted by Crippen LogP contribution is 2.34. The van der Waals surface area contributed by atoms with Gasteiger partial charge in [-0.25, -0.2) is 0 Å². The Hall–Kier alpha value is -0.830. The Morgan fingerprint density at radius 3 is 2.52 bits per heavy atom. The molecule has 116 valence electrons. The summed E-state index contributed by atoms with van der Waals surface area (Å²) in [4.78, 5) is 12.5. The van der Waals surface area contributed by atoms with Crippen molar-refractivity contribution in [3.63, 3.8) is 0 Å². The van der Waals surface area contributed by atoms with Gasteiger partial charge in [0, 0.05) is 16.8 Å². The second kappa shape index (κ2) is 7.44. The van der Waals surface area contributed by atoms with Crippen LogP contribution in [0.3, 0.4) is 0 Å². The van der Waals surface area contributed by atoms with Crippen LogP contribution in [0.25, 0.3) is 0 Å². The van der Waals surface area contributed by atoms with E-state index in [-0.39, 0.29) is 5.92 Å². The van der Waals surface area contributed by atoms with Gasteiger partial charge in [0.2, 0.25) is 0 Å². The molecule has 1 aromatic rings. The van der Waals surface area contributed by atoms with Crippen LogP contribution in [0.2, 0.25) is 0 Å². The van der Waals surface area contributed by atoms with E-state index in [1.54, 1.807) is 7.11 Å².